The van der Waals surface area contributed by atoms with Gasteiger partial charge in [-0.25, -0.2) is 4.79 Å². The fourth-order valence-electron chi connectivity index (χ4n) is 32.9. The van der Waals surface area contributed by atoms with Crippen molar-refractivity contribution in [2.24, 2.45) is 139 Å². The number of allylic oxidation sites excluding steroid dienone is 6. The lowest BCUT2D eigenvalue weighted by Crippen LogP contribution is -2.84. The molecule has 13 nitrogen and oxygen atoms in total. The third kappa shape index (κ3) is 6.48. The lowest BCUT2D eigenvalue weighted by Gasteiger charge is -2.74. The van der Waals surface area contributed by atoms with Gasteiger partial charge in [-0.3, -0.25) is 14.9 Å². The van der Waals surface area contributed by atoms with Crippen LogP contribution >= 0.6 is 0 Å². The number of carbonyl (C=O) groups is 3. The minimum Gasteiger partial charge on any atom is -0.469 e. The number of fused-ring (bicyclic) bond motifs is 7. The second kappa shape index (κ2) is 19.4. The number of aliphatic hydroxyl groups is 3. The number of ketones is 1. The maximum atomic E-state index is 18.6. The molecule has 98 heavy (non-hydrogen) atoms. The molecule has 21 aliphatic rings. The molecular weight excluding hydrogens is 1220 g/mol. The van der Waals surface area contributed by atoms with Gasteiger partial charge < -0.3 is 43.6 Å². The number of nitrogens with one attached hydrogen (secondary N) is 1. The van der Waals surface area contributed by atoms with Gasteiger partial charge in [-0.05, 0) is 232 Å². The highest BCUT2D eigenvalue weighted by Crippen LogP contribution is 2.93. The molecule has 1 aromatic carbocycles. The summed E-state index contributed by atoms with van der Waals surface area (Å²) in [5.41, 5.74) is -5.28. The van der Waals surface area contributed by atoms with Gasteiger partial charge in [0.05, 0.1) is 54.9 Å². The van der Waals surface area contributed by atoms with Gasteiger partial charge in [0.25, 0.3) is 0 Å². The van der Waals surface area contributed by atoms with E-state index in [2.05, 4.69) is 108 Å². The fraction of sp³-hybridized carbons (Fsp3) is 0.706. The molecule has 514 valence electrons. The van der Waals surface area contributed by atoms with E-state index in [0.29, 0.717) is 60.7 Å². The van der Waals surface area contributed by atoms with E-state index in [9.17, 15) is 14.9 Å². The van der Waals surface area contributed by atoms with Crippen LogP contribution in [0.3, 0.4) is 0 Å². The van der Waals surface area contributed by atoms with E-state index in [1.165, 1.54) is 48.8 Å². The quantitative estimate of drug-likeness (QED) is 0.0849. The number of benzene rings is 1. The standard InChI is InChI=1S/C85H98N2O11/c1-76-38-53-39-78-43-77(25-5-6-26-77)40-56(78)34-55-36-67-79-28-22-48-11-7-13-57(48)60(79)21-18-50-16-19-54(35-62(50)79)83(67)70-68(90)72(91)82(69(53)80(70)44-95-74(92)71(78)84(55,80)98-83)63-32-47(31-46-9-3-2-4-10-46)14-15-49(63)12-8-27-81(76,97-75(93)73-85(76,82)96-73)61-24-30-94-66(61)37-59(65(89)42-88)51-17-20-58-52(33-51)23-29-87-45-86-41-64(58)87/h2-4,9-10,16,18-19,22-24,28-30,36,47-49,51-54,56-60,62-65,67,69-73,86,88-89,91H,5-7,11,13-15,17,20-21,25-27,31-35,37-45H2,1H3. The number of ether oxygens (including phenoxy) is 4. The van der Waals surface area contributed by atoms with Crippen molar-refractivity contribution in [3.8, 4) is 11.8 Å². The molecule has 8 heterocycles. The third-order valence-electron chi connectivity index (χ3n) is 35.3. The predicted octanol–water partition coefficient (Wildman–Crippen LogP) is 11.5. The minimum atomic E-state index is -1.60. The van der Waals surface area contributed by atoms with E-state index in [4.69, 9.17) is 18.6 Å². The molecule has 7 aliphatic heterocycles. The molecule has 8 spiro atoms. The Hall–Kier alpha value is -5.07. The second-order valence-corrected chi connectivity index (χ2v) is 37.6. The molecule has 4 N–H and O–H groups in total. The Kier molecular flexibility index (Phi) is 11.8. The molecule has 15 fully saturated rings. The minimum absolute atomic E-state index is 0.0203. The zero-order chi connectivity index (χ0) is 65.3. The number of nitrogens with zero attached hydrogens (tertiary/aromatic N) is 1. The summed E-state index contributed by atoms with van der Waals surface area (Å²) >= 11 is 0. The zero-order valence-corrected chi connectivity index (χ0v) is 57.0. The first-order chi connectivity index (χ1) is 47.7. The summed E-state index contributed by atoms with van der Waals surface area (Å²) in [7, 11) is 0. The van der Waals surface area contributed by atoms with E-state index < -0.39 is 98.6 Å². The molecule has 5 saturated heterocycles. The highest BCUT2D eigenvalue weighted by molar-refractivity contribution is 5.95. The van der Waals surface area contributed by atoms with Crippen LogP contribution in [0.15, 0.2) is 107 Å². The van der Waals surface area contributed by atoms with Gasteiger partial charge >= 0.3 is 11.9 Å². The monoisotopic (exact) mass is 1320 g/mol. The summed E-state index contributed by atoms with van der Waals surface area (Å²) in [5.74, 6) is 7.02. The first-order valence-corrected chi connectivity index (χ1v) is 39.5. The van der Waals surface area contributed by atoms with Crippen molar-refractivity contribution in [1.29, 1.82) is 0 Å². The van der Waals surface area contributed by atoms with Crippen LogP contribution in [0.25, 0.3) is 0 Å². The highest BCUT2D eigenvalue weighted by Gasteiger charge is 3.01. The molecule has 23 rings (SSSR count). The molecule has 11 bridgehead atoms. The largest absolute Gasteiger partial charge is 0.469 e. The molecule has 0 amide bonds. The summed E-state index contributed by atoms with van der Waals surface area (Å²) in [4.78, 5) is 54.3. The molecule has 2 aromatic rings. The van der Waals surface area contributed by atoms with E-state index in [0.717, 1.165) is 109 Å². The summed E-state index contributed by atoms with van der Waals surface area (Å²) in [6.07, 6.45) is 38.9. The number of esters is 2. The molecule has 10 saturated carbocycles. The van der Waals surface area contributed by atoms with Gasteiger partial charge in [-0.15, -0.1) is 0 Å². The van der Waals surface area contributed by atoms with Crippen LogP contribution in [0.4, 0.5) is 0 Å². The van der Waals surface area contributed by atoms with Gasteiger partial charge in [-0.1, -0.05) is 111 Å². The Morgan fingerprint density at radius 2 is 1.78 bits per heavy atom. The molecular formula is C85H98N2O11. The average Bonchev–Trinajstić information content (AvgIpc) is 1.40. The predicted molar refractivity (Wildman–Crippen MR) is 359 cm³/mol. The average molecular weight is 1320 g/mol. The number of Topliss-reactive ketones (excluding diaryl/α,β-unsaturated/α-hetero) is 1. The lowest BCUT2D eigenvalue weighted by molar-refractivity contribution is -0.315. The van der Waals surface area contributed by atoms with E-state index in [1.54, 1.807) is 6.26 Å². The van der Waals surface area contributed by atoms with Crippen molar-refractivity contribution in [2.45, 2.75) is 201 Å². The summed E-state index contributed by atoms with van der Waals surface area (Å²) in [6, 6.07) is 13.3. The number of rotatable bonds is 8. The highest BCUT2D eigenvalue weighted by atomic mass is 16.7. The van der Waals surface area contributed by atoms with Crippen LogP contribution in [0, 0.1) is 151 Å². The summed E-state index contributed by atoms with van der Waals surface area (Å²) in [5, 5.41) is 42.7. The van der Waals surface area contributed by atoms with Gasteiger partial charge in [0.1, 0.15) is 29.7 Å². The van der Waals surface area contributed by atoms with Crippen LogP contribution < -0.4 is 5.32 Å². The molecule has 14 aliphatic carbocycles. The number of hydrogen-bond acceptors (Lipinski definition) is 13. The van der Waals surface area contributed by atoms with E-state index in [-0.39, 0.29) is 88.9 Å². The SMILES string of the molecule is CC12CC3CC45CC6(CCCC6)CC4CC4=CC6C78C=CC9CCCC9C7CC=C7C=CC(CC78)C67OC46C5C(=O)OCC64C7C(=O)C(O)C5(C6CC(Cc7ccccc7)CCC6C#CCC1(c1ccoc1CC(C(O)CO)C1CCC6C(C=CN7CNCC67)C1)OC(=O)C1OC152)C34. The van der Waals surface area contributed by atoms with Gasteiger partial charge in [0, 0.05) is 58.6 Å². The summed E-state index contributed by atoms with van der Waals surface area (Å²) < 4.78 is 39.0. The molecule has 31 unspecified atom stereocenters. The lowest BCUT2D eigenvalue weighted by atomic mass is 9.28. The van der Waals surface area contributed by atoms with Gasteiger partial charge in [-0.2, -0.15) is 0 Å². The van der Waals surface area contributed by atoms with Crippen molar-refractivity contribution >= 4 is 17.7 Å². The molecule has 0 radical (unpaired) electrons. The Balaban J connectivity index is 0.769. The van der Waals surface area contributed by atoms with Crippen LogP contribution in [0.5, 0.6) is 0 Å². The third-order valence-corrected chi connectivity index (χ3v) is 35.3. The Morgan fingerprint density at radius 3 is 2.65 bits per heavy atom. The number of epoxide rings is 1. The summed E-state index contributed by atoms with van der Waals surface area (Å²) in [6.45, 7) is 3.79. The maximum Gasteiger partial charge on any atom is 0.339 e. The number of furan rings is 1. The molecule has 13 heteroatoms. The smallest absolute Gasteiger partial charge is 0.339 e. The normalized spacial score (nSPS) is 54.1. The topological polar surface area (TPSA) is 181 Å². The Morgan fingerprint density at radius 1 is 0.888 bits per heavy atom. The van der Waals surface area contributed by atoms with Crippen molar-refractivity contribution in [3.05, 3.63) is 119 Å². The first-order valence-electron chi connectivity index (χ1n) is 39.5. The second-order valence-electron chi connectivity index (χ2n) is 37.6. The zero-order valence-electron chi connectivity index (χ0n) is 57.0. The van der Waals surface area contributed by atoms with Crippen molar-refractivity contribution in [3.63, 3.8) is 0 Å². The van der Waals surface area contributed by atoms with Crippen LogP contribution in [-0.4, -0.2) is 106 Å². The van der Waals surface area contributed by atoms with Crippen molar-refractivity contribution < 1.29 is 53.1 Å². The Bertz CT molecular complexity index is 4080. The van der Waals surface area contributed by atoms with Gasteiger partial charge in [0.15, 0.2) is 17.5 Å². The molecule has 1 aromatic heterocycles. The fourth-order valence-corrected chi connectivity index (χ4v) is 32.9. The number of hydrogen-bond donors (Lipinski definition) is 4. The first kappa shape index (κ1) is 59.5. The van der Waals surface area contributed by atoms with Crippen LogP contribution in [0.1, 0.15) is 159 Å². The van der Waals surface area contributed by atoms with E-state index in [1.807, 2.05) is 6.07 Å². The molecule has 31 atom stereocenters. The maximum absolute atomic E-state index is 18.6. The number of carbonyl (C=O) groups excluding carboxylic acids is 3. The van der Waals surface area contributed by atoms with Crippen molar-refractivity contribution in [2.75, 3.05) is 26.4 Å². The van der Waals surface area contributed by atoms with Gasteiger partial charge in [0.2, 0.25) is 0 Å². The number of aliphatic hydroxyl groups excluding tert-OH is 3. The van der Waals surface area contributed by atoms with E-state index >= 15 is 19.5 Å². The van der Waals surface area contributed by atoms with Crippen LogP contribution in [0.2, 0.25) is 0 Å². The van der Waals surface area contributed by atoms with Crippen LogP contribution in [-0.2, 0) is 51.8 Å². The van der Waals surface area contributed by atoms with Crippen molar-refractivity contribution in [1.82, 2.24) is 10.2 Å². The number of cyclic esters (lactones) is 1. The Labute approximate surface area is 576 Å².